The molecule has 0 aliphatic rings. The lowest BCUT2D eigenvalue weighted by atomic mass is 10.0. The standard InChI is InChI=1S/C39H27N3/c1-2-13-31(14-3-1)41(37-20-10-12-29-11-4-5-15-34(29)37)33-25-30(26-40-27-33)28-21-23-32(24-22-28)42-38-18-8-6-16-35(38)36-17-7-9-19-39(36)42/h1-27H. The van der Waals surface area contributed by atoms with E-state index in [0.29, 0.717) is 0 Å². The summed E-state index contributed by atoms with van der Waals surface area (Å²) in [7, 11) is 0. The second kappa shape index (κ2) is 10.1. The minimum Gasteiger partial charge on any atom is -0.309 e. The van der Waals surface area contributed by atoms with Crippen molar-refractivity contribution in [3.05, 3.63) is 164 Å². The molecular weight excluding hydrogens is 510 g/mol. The molecule has 0 atom stereocenters. The third kappa shape index (κ3) is 4.03. The Bertz CT molecular complexity index is 2140. The molecule has 3 nitrogen and oxygen atoms in total. The highest BCUT2D eigenvalue weighted by Crippen LogP contribution is 2.40. The van der Waals surface area contributed by atoms with E-state index >= 15 is 0 Å². The van der Waals surface area contributed by atoms with Gasteiger partial charge in [-0.2, -0.15) is 0 Å². The quantitative estimate of drug-likeness (QED) is 0.218. The maximum absolute atomic E-state index is 4.72. The number of hydrogen-bond acceptors (Lipinski definition) is 2. The van der Waals surface area contributed by atoms with Crippen LogP contribution in [0.2, 0.25) is 0 Å². The van der Waals surface area contributed by atoms with Crippen LogP contribution < -0.4 is 4.90 Å². The Hall–Kier alpha value is -5.67. The molecule has 8 rings (SSSR count). The van der Waals surface area contributed by atoms with E-state index in [1.807, 2.05) is 12.4 Å². The average molecular weight is 538 g/mol. The molecule has 8 aromatic rings. The molecule has 0 radical (unpaired) electrons. The predicted octanol–water partition coefficient (Wildman–Crippen LogP) is 10.5. The van der Waals surface area contributed by atoms with Gasteiger partial charge >= 0.3 is 0 Å². The zero-order valence-electron chi connectivity index (χ0n) is 22.9. The Kier molecular flexibility index (Phi) is 5.79. The molecule has 198 valence electrons. The largest absolute Gasteiger partial charge is 0.309 e. The molecule has 2 aromatic heterocycles. The molecule has 0 spiro atoms. The van der Waals surface area contributed by atoms with Crippen LogP contribution >= 0.6 is 0 Å². The number of aromatic nitrogens is 2. The minimum atomic E-state index is 1.02. The highest BCUT2D eigenvalue weighted by molar-refractivity contribution is 6.09. The second-order valence-corrected chi connectivity index (χ2v) is 10.5. The number of hydrogen-bond donors (Lipinski definition) is 0. The van der Waals surface area contributed by atoms with E-state index in [-0.39, 0.29) is 0 Å². The van der Waals surface area contributed by atoms with Gasteiger partial charge in [0.05, 0.1) is 28.6 Å². The van der Waals surface area contributed by atoms with Crippen molar-refractivity contribution in [2.45, 2.75) is 0 Å². The van der Waals surface area contributed by atoms with Crippen LogP contribution in [-0.2, 0) is 0 Å². The summed E-state index contributed by atoms with van der Waals surface area (Å²) in [6, 6.07) is 53.8. The molecule has 6 aromatic carbocycles. The summed E-state index contributed by atoms with van der Waals surface area (Å²) in [5, 5.41) is 4.94. The van der Waals surface area contributed by atoms with Gasteiger partial charge in [-0.05, 0) is 59.5 Å². The van der Waals surface area contributed by atoms with Crippen molar-refractivity contribution in [2.75, 3.05) is 4.90 Å². The van der Waals surface area contributed by atoms with Crippen molar-refractivity contribution in [3.63, 3.8) is 0 Å². The summed E-state index contributed by atoms with van der Waals surface area (Å²) < 4.78 is 2.35. The van der Waals surface area contributed by atoms with E-state index in [0.717, 1.165) is 33.9 Å². The fourth-order valence-electron chi connectivity index (χ4n) is 6.12. The van der Waals surface area contributed by atoms with Gasteiger partial charge in [-0.25, -0.2) is 0 Å². The molecule has 3 heteroatoms. The highest BCUT2D eigenvalue weighted by atomic mass is 15.1. The van der Waals surface area contributed by atoms with E-state index in [1.165, 1.54) is 32.6 Å². The third-order valence-electron chi connectivity index (χ3n) is 8.04. The zero-order valence-corrected chi connectivity index (χ0v) is 22.9. The molecule has 0 saturated carbocycles. The SMILES string of the molecule is c1ccc(N(c2cncc(-c3ccc(-n4c5ccccc5c5ccccc54)cc3)c2)c2cccc3ccccc23)cc1. The number of nitrogens with zero attached hydrogens (tertiary/aromatic N) is 3. The first-order valence-electron chi connectivity index (χ1n) is 14.2. The highest BCUT2D eigenvalue weighted by Gasteiger charge is 2.16. The van der Waals surface area contributed by atoms with Crippen molar-refractivity contribution in [1.82, 2.24) is 9.55 Å². The van der Waals surface area contributed by atoms with Gasteiger partial charge in [0.15, 0.2) is 0 Å². The topological polar surface area (TPSA) is 21.1 Å². The maximum atomic E-state index is 4.72. The molecule has 0 bridgehead atoms. The number of benzene rings is 6. The van der Waals surface area contributed by atoms with E-state index in [2.05, 4.69) is 161 Å². The van der Waals surface area contributed by atoms with Crippen LogP contribution in [0.15, 0.2) is 164 Å². The summed E-state index contributed by atoms with van der Waals surface area (Å²) in [6.07, 6.45) is 3.90. The van der Waals surface area contributed by atoms with Gasteiger partial charge < -0.3 is 9.47 Å². The fourth-order valence-corrected chi connectivity index (χ4v) is 6.12. The van der Waals surface area contributed by atoms with Crippen molar-refractivity contribution in [1.29, 1.82) is 0 Å². The summed E-state index contributed by atoms with van der Waals surface area (Å²) in [5.74, 6) is 0. The van der Waals surface area contributed by atoms with Crippen LogP contribution in [-0.4, -0.2) is 9.55 Å². The molecule has 2 heterocycles. The Balaban J connectivity index is 1.23. The van der Waals surface area contributed by atoms with Gasteiger partial charge in [0, 0.05) is 39.3 Å². The van der Waals surface area contributed by atoms with E-state index < -0.39 is 0 Å². The number of anilines is 3. The average Bonchev–Trinajstić information content (AvgIpc) is 3.40. The minimum absolute atomic E-state index is 1.02. The number of fused-ring (bicyclic) bond motifs is 4. The van der Waals surface area contributed by atoms with Gasteiger partial charge in [-0.1, -0.05) is 103 Å². The molecule has 0 fully saturated rings. The second-order valence-electron chi connectivity index (χ2n) is 10.5. The lowest BCUT2D eigenvalue weighted by Gasteiger charge is -2.27. The van der Waals surface area contributed by atoms with Gasteiger partial charge in [0.1, 0.15) is 0 Å². The summed E-state index contributed by atoms with van der Waals surface area (Å²) >= 11 is 0. The first kappa shape index (κ1) is 24.2. The molecule has 0 saturated heterocycles. The van der Waals surface area contributed by atoms with Crippen LogP contribution in [0.5, 0.6) is 0 Å². The molecule has 0 unspecified atom stereocenters. The smallest absolute Gasteiger partial charge is 0.0651 e. The summed E-state index contributed by atoms with van der Waals surface area (Å²) in [4.78, 5) is 7.02. The van der Waals surface area contributed by atoms with Gasteiger partial charge in [-0.3, -0.25) is 4.98 Å². The first-order valence-corrected chi connectivity index (χ1v) is 14.2. The number of para-hydroxylation sites is 3. The Morgan fingerprint density at radius 3 is 1.81 bits per heavy atom. The molecule has 0 aliphatic carbocycles. The van der Waals surface area contributed by atoms with Crippen LogP contribution in [0.25, 0.3) is 49.4 Å². The third-order valence-corrected chi connectivity index (χ3v) is 8.04. The molecular formula is C39H27N3. The van der Waals surface area contributed by atoms with Gasteiger partial charge in [0.25, 0.3) is 0 Å². The first-order chi connectivity index (χ1) is 20.8. The zero-order chi connectivity index (χ0) is 27.9. The predicted molar refractivity (Wildman–Crippen MR) is 176 cm³/mol. The normalized spacial score (nSPS) is 11.3. The van der Waals surface area contributed by atoms with Crippen molar-refractivity contribution < 1.29 is 0 Å². The fraction of sp³-hybridized carbons (Fsp3) is 0. The van der Waals surface area contributed by atoms with E-state index in [1.54, 1.807) is 0 Å². The van der Waals surface area contributed by atoms with Crippen molar-refractivity contribution in [3.8, 4) is 16.8 Å². The lowest BCUT2D eigenvalue weighted by Crippen LogP contribution is -2.10. The lowest BCUT2D eigenvalue weighted by molar-refractivity contribution is 1.18. The monoisotopic (exact) mass is 537 g/mol. The van der Waals surface area contributed by atoms with Crippen LogP contribution in [0.4, 0.5) is 17.1 Å². The van der Waals surface area contributed by atoms with E-state index in [9.17, 15) is 0 Å². The van der Waals surface area contributed by atoms with Crippen molar-refractivity contribution in [2.24, 2.45) is 0 Å². The van der Waals surface area contributed by atoms with Crippen LogP contribution in [0, 0.1) is 0 Å². The van der Waals surface area contributed by atoms with Gasteiger partial charge in [-0.15, -0.1) is 0 Å². The molecule has 0 amide bonds. The van der Waals surface area contributed by atoms with Crippen LogP contribution in [0.3, 0.4) is 0 Å². The Morgan fingerprint density at radius 1 is 0.452 bits per heavy atom. The van der Waals surface area contributed by atoms with Crippen molar-refractivity contribution >= 4 is 49.6 Å². The Labute approximate surface area is 244 Å². The summed E-state index contributed by atoms with van der Waals surface area (Å²) in [6.45, 7) is 0. The maximum Gasteiger partial charge on any atom is 0.0651 e. The number of rotatable bonds is 5. The summed E-state index contributed by atoms with van der Waals surface area (Å²) in [5.41, 5.74) is 8.99. The molecule has 0 N–H and O–H groups in total. The molecule has 42 heavy (non-hydrogen) atoms. The van der Waals surface area contributed by atoms with Gasteiger partial charge in [0.2, 0.25) is 0 Å². The van der Waals surface area contributed by atoms with Crippen LogP contribution in [0.1, 0.15) is 0 Å². The van der Waals surface area contributed by atoms with E-state index in [4.69, 9.17) is 4.98 Å². The Morgan fingerprint density at radius 2 is 1.07 bits per heavy atom. The number of pyridine rings is 1. The molecule has 0 aliphatic heterocycles.